The van der Waals surface area contributed by atoms with Gasteiger partial charge in [-0.1, -0.05) is 0 Å². The van der Waals surface area contributed by atoms with E-state index in [1.54, 1.807) is 18.2 Å². The fourth-order valence-electron chi connectivity index (χ4n) is 2.60. The summed E-state index contributed by atoms with van der Waals surface area (Å²) in [6.07, 6.45) is 1.94. The van der Waals surface area contributed by atoms with Crippen LogP contribution >= 0.6 is 15.9 Å². The number of Topliss-reactive ketones (excluding diaryl/α,β-unsaturated/α-hetero) is 1. The van der Waals surface area contributed by atoms with E-state index in [4.69, 9.17) is 9.47 Å². The molecule has 0 aliphatic carbocycles. The van der Waals surface area contributed by atoms with E-state index < -0.39 is 16.0 Å². The fourth-order valence-corrected chi connectivity index (χ4v) is 4.02. The lowest BCUT2D eigenvalue weighted by Crippen LogP contribution is -2.40. The van der Waals surface area contributed by atoms with Gasteiger partial charge in [0.25, 0.3) is 0 Å². The van der Waals surface area contributed by atoms with Crippen molar-refractivity contribution in [2.45, 2.75) is 12.8 Å². The average molecular weight is 434 g/mol. The zero-order chi connectivity index (χ0) is 18.6. The lowest BCUT2D eigenvalue weighted by Gasteiger charge is -2.28. The van der Waals surface area contributed by atoms with Crippen LogP contribution in [0.1, 0.15) is 23.2 Å². The normalized spacial score (nSPS) is 16.4. The highest BCUT2D eigenvalue weighted by Gasteiger charge is 2.30. The van der Waals surface area contributed by atoms with Crippen molar-refractivity contribution >= 4 is 37.7 Å². The minimum Gasteiger partial charge on any atom is -0.496 e. The molecule has 9 heteroatoms. The molecule has 1 aromatic carbocycles. The third-order valence-electron chi connectivity index (χ3n) is 4.08. The van der Waals surface area contributed by atoms with E-state index >= 15 is 0 Å². The minimum atomic E-state index is -3.23. The van der Waals surface area contributed by atoms with Crippen LogP contribution in [0.4, 0.5) is 0 Å². The van der Waals surface area contributed by atoms with E-state index in [-0.39, 0.29) is 31.4 Å². The van der Waals surface area contributed by atoms with Gasteiger partial charge in [0.15, 0.2) is 12.4 Å². The molecule has 0 saturated carbocycles. The van der Waals surface area contributed by atoms with Gasteiger partial charge in [-0.25, -0.2) is 12.7 Å². The van der Waals surface area contributed by atoms with Gasteiger partial charge in [0.05, 0.1) is 23.8 Å². The lowest BCUT2D eigenvalue weighted by atomic mass is 9.98. The summed E-state index contributed by atoms with van der Waals surface area (Å²) in [7, 11) is -1.71. The van der Waals surface area contributed by atoms with E-state index in [1.807, 2.05) is 0 Å². The van der Waals surface area contributed by atoms with Gasteiger partial charge in [0.2, 0.25) is 10.0 Å². The molecular weight excluding hydrogens is 414 g/mol. The van der Waals surface area contributed by atoms with Crippen molar-refractivity contribution in [3.63, 3.8) is 0 Å². The Bertz CT molecular complexity index is 756. The summed E-state index contributed by atoms with van der Waals surface area (Å²) < 4.78 is 35.1. The number of benzene rings is 1. The van der Waals surface area contributed by atoms with Gasteiger partial charge in [-0.15, -0.1) is 0 Å². The number of ketones is 1. The number of carbonyl (C=O) groups is 2. The number of piperidine rings is 1. The number of halogens is 1. The molecule has 1 heterocycles. The summed E-state index contributed by atoms with van der Waals surface area (Å²) in [6.45, 7) is 0.236. The highest BCUT2D eigenvalue weighted by molar-refractivity contribution is 9.10. The monoisotopic (exact) mass is 433 g/mol. The van der Waals surface area contributed by atoms with Gasteiger partial charge in [0.1, 0.15) is 5.75 Å². The molecule has 0 N–H and O–H groups in total. The van der Waals surface area contributed by atoms with Gasteiger partial charge in [-0.3, -0.25) is 9.59 Å². The van der Waals surface area contributed by atoms with Crippen LogP contribution in [0.2, 0.25) is 0 Å². The second-order valence-electron chi connectivity index (χ2n) is 5.82. The second-order valence-corrected chi connectivity index (χ2v) is 8.65. The third kappa shape index (κ3) is 5.26. The molecule has 25 heavy (non-hydrogen) atoms. The summed E-state index contributed by atoms with van der Waals surface area (Å²) in [4.78, 5) is 24.2. The first-order chi connectivity index (χ1) is 11.7. The summed E-state index contributed by atoms with van der Waals surface area (Å²) in [5.74, 6) is -0.557. The van der Waals surface area contributed by atoms with E-state index in [0.717, 1.165) is 6.26 Å². The molecule has 1 aliphatic rings. The topological polar surface area (TPSA) is 90.0 Å². The summed E-state index contributed by atoms with van der Waals surface area (Å²) >= 11 is 3.30. The van der Waals surface area contributed by atoms with Crippen molar-refractivity contribution in [2.75, 3.05) is 33.1 Å². The maximum atomic E-state index is 12.1. The first kappa shape index (κ1) is 19.9. The first-order valence-electron chi connectivity index (χ1n) is 7.71. The Morgan fingerprint density at radius 1 is 1.28 bits per heavy atom. The van der Waals surface area contributed by atoms with Crippen molar-refractivity contribution in [3.8, 4) is 5.75 Å². The minimum absolute atomic E-state index is 0.290. The fraction of sp³-hybridized carbons (Fsp3) is 0.500. The number of hydrogen-bond acceptors (Lipinski definition) is 6. The van der Waals surface area contributed by atoms with E-state index in [2.05, 4.69) is 15.9 Å². The summed E-state index contributed by atoms with van der Waals surface area (Å²) in [5.41, 5.74) is 0.410. The molecule has 0 amide bonds. The first-order valence-corrected chi connectivity index (χ1v) is 10.3. The predicted molar refractivity (Wildman–Crippen MR) is 95.1 cm³/mol. The number of nitrogens with zero attached hydrogens (tertiary/aromatic N) is 1. The molecular formula is C16H20BrNO6S. The van der Waals surface area contributed by atoms with Crippen LogP contribution in [0.25, 0.3) is 0 Å². The maximum Gasteiger partial charge on any atom is 0.309 e. The highest BCUT2D eigenvalue weighted by atomic mass is 79.9. The zero-order valence-corrected chi connectivity index (χ0v) is 16.4. The number of methoxy groups -OCH3 is 1. The molecule has 0 atom stereocenters. The molecule has 0 radical (unpaired) electrons. The number of ether oxygens (including phenoxy) is 2. The number of esters is 1. The maximum absolute atomic E-state index is 12.1. The Morgan fingerprint density at radius 2 is 1.92 bits per heavy atom. The Kier molecular flexibility index (Phi) is 6.59. The molecule has 0 aromatic heterocycles. The second kappa shape index (κ2) is 8.29. The molecule has 1 aromatic rings. The van der Waals surface area contributed by atoms with Crippen LogP contribution in [-0.2, 0) is 19.6 Å². The Hall–Kier alpha value is -1.45. The summed E-state index contributed by atoms with van der Waals surface area (Å²) in [5, 5.41) is 0. The quantitative estimate of drug-likeness (QED) is 0.502. The molecule has 138 valence electrons. The Labute approximate surface area is 155 Å². The van der Waals surface area contributed by atoms with Crippen LogP contribution in [0.3, 0.4) is 0 Å². The lowest BCUT2D eigenvalue weighted by molar-refractivity contribution is -0.148. The molecule has 0 bridgehead atoms. The van der Waals surface area contributed by atoms with Crippen LogP contribution in [-0.4, -0.2) is 57.5 Å². The van der Waals surface area contributed by atoms with Gasteiger partial charge in [0, 0.05) is 18.7 Å². The largest absolute Gasteiger partial charge is 0.496 e. The molecule has 1 aliphatic heterocycles. The van der Waals surface area contributed by atoms with Gasteiger partial charge < -0.3 is 9.47 Å². The molecule has 0 unspecified atom stereocenters. The van der Waals surface area contributed by atoms with Crippen LogP contribution in [0, 0.1) is 5.92 Å². The van der Waals surface area contributed by atoms with Crippen molar-refractivity contribution in [1.82, 2.24) is 4.31 Å². The number of hydrogen-bond donors (Lipinski definition) is 0. The number of sulfonamides is 1. The number of carbonyl (C=O) groups excluding carboxylic acids is 2. The molecule has 0 spiro atoms. The smallest absolute Gasteiger partial charge is 0.309 e. The Balaban J connectivity index is 1.86. The number of rotatable bonds is 6. The average Bonchev–Trinajstić information content (AvgIpc) is 2.58. The van der Waals surface area contributed by atoms with Gasteiger partial charge in [-0.05, 0) is 47.0 Å². The van der Waals surface area contributed by atoms with Crippen molar-refractivity contribution in [1.29, 1.82) is 0 Å². The molecule has 7 nitrogen and oxygen atoms in total. The zero-order valence-electron chi connectivity index (χ0n) is 14.0. The van der Waals surface area contributed by atoms with E-state index in [0.29, 0.717) is 28.6 Å². The van der Waals surface area contributed by atoms with Crippen LogP contribution in [0.15, 0.2) is 22.7 Å². The summed E-state index contributed by atoms with van der Waals surface area (Å²) in [6, 6.07) is 4.87. The highest BCUT2D eigenvalue weighted by Crippen LogP contribution is 2.26. The molecule has 2 rings (SSSR count). The van der Waals surface area contributed by atoms with Crippen molar-refractivity contribution in [3.05, 3.63) is 28.2 Å². The van der Waals surface area contributed by atoms with Gasteiger partial charge in [-0.2, -0.15) is 0 Å². The third-order valence-corrected chi connectivity index (χ3v) is 6.00. The Morgan fingerprint density at radius 3 is 2.44 bits per heavy atom. The predicted octanol–water partition coefficient (Wildman–Crippen LogP) is 1.86. The van der Waals surface area contributed by atoms with E-state index in [9.17, 15) is 18.0 Å². The van der Waals surface area contributed by atoms with Crippen LogP contribution in [0.5, 0.6) is 5.75 Å². The SMILES string of the molecule is COc1ccc(C(=O)COC(=O)C2CCN(S(C)(=O)=O)CC2)cc1Br. The molecule has 1 fully saturated rings. The molecule has 1 saturated heterocycles. The van der Waals surface area contributed by atoms with Gasteiger partial charge >= 0.3 is 5.97 Å². The van der Waals surface area contributed by atoms with Crippen molar-refractivity contribution < 1.29 is 27.5 Å². The van der Waals surface area contributed by atoms with Crippen molar-refractivity contribution in [2.24, 2.45) is 5.92 Å². The van der Waals surface area contributed by atoms with E-state index in [1.165, 1.54) is 11.4 Å². The van der Waals surface area contributed by atoms with Crippen LogP contribution < -0.4 is 4.74 Å². The standard InChI is InChI=1S/C16H20BrNO6S/c1-23-15-4-3-12(9-13(15)17)14(19)10-24-16(20)11-5-7-18(8-6-11)25(2,21)22/h3-4,9,11H,5-8,10H2,1-2H3.